The number of benzene rings is 4. The third kappa shape index (κ3) is 8.88. The molecule has 10 heteroatoms. The number of rotatable bonds is 11. The second-order valence-electron chi connectivity index (χ2n) is 9.24. The van der Waals surface area contributed by atoms with Crippen LogP contribution >= 0.6 is 23.4 Å². The van der Waals surface area contributed by atoms with E-state index in [9.17, 15) is 14.4 Å². The van der Waals surface area contributed by atoms with Crippen molar-refractivity contribution in [3.05, 3.63) is 119 Å². The first kappa shape index (κ1) is 31.2. The number of anilines is 2. The van der Waals surface area contributed by atoms with E-state index >= 15 is 0 Å². The SMILES string of the molecule is COc1cccc(/C=C(\NC(=O)c2ccccc2)C(=O)Nc2cccc(SC(C)C(=O)Nc3ccc(OC)c(Cl)c3)c2)c1. The van der Waals surface area contributed by atoms with Crippen molar-refractivity contribution < 1.29 is 23.9 Å². The molecule has 4 rings (SSSR count). The molecule has 0 spiro atoms. The Hall–Kier alpha value is -4.73. The average Bonchev–Trinajstić information content (AvgIpc) is 3.01. The fourth-order valence-corrected chi connectivity index (χ4v) is 5.12. The molecule has 0 aliphatic carbocycles. The highest BCUT2D eigenvalue weighted by molar-refractivity contribution is 8.00. The van der Waals surface area contributed by atoms with Gasteiger partial charge in [-0.1, -0.05) is 48.0 Å². The van der Waals surface area contributed by atoms with E-state index in [0.717, 1.165) is 4.90 Å². The van der Waals surface area contributed by atoms with Gasteiger partial charge in [0.2, 0.25) is 5.91 Å². The molecule has 3 amide bonds. The van der Waals surface area contributed by atoms with Crippen LogP contribution < -0.4 is 25.4 Å². The van der Waals surface area contributed by atoms with Crippen molar-refractivity contribution in [2.24, 2.45) is 0 Å². The first-order valence-corrected chi connectivity index (χ1v) is 14.5. The number of halogens is 1. The molecule has 3 N–H and O–H groups in total. The highest BCUT2D eigenvalue weighted by Crippen LogP contribution is 2.29. The molecule has 4 aromatic rings. The van der Waals surface area contributed by atoms with Gasteiger partial charge < -0.3 is 25.4 Å². The van der Waals surface area contributed by atoms with Gasteiger partial charge in [-0.2, -0.15) is 0 Å². The van der Waals surface area contributed by atoms with Gasteiger partial charge in [0, 0.05) is 21.8 Å². The van der Waals surface area contributed by atoms with E-state index < -0.39 is 17.1 Å². The number of hydrogen-bond acceptors (Lipinski definition) is 6. The fourth-order valence-electron chi connectivity index (χ4n) is 3.93. The highest BCUT2D eigenvalue weighted by atomic mass is 35.5. The fraction of sp³-hybridized carbons (Fsp3) is 0.121. The zero-order chi connectivity index (χ0) is 30.8. The van der Waals surface area contributed by atoms with Crippen molar-refractivity contribution in [2.75, 3.05) is 24.9 Å². The lowest BCUT2D eigenvalue weighted by Crippen LogP contribution is -2.30. The third-order valence-corrected chi connectivity index (χ3v) is 7.52. The summed E-state index contributed by atoms with van der Waals surface area (Å²) in [5.41, 5.74) is 2.17. The van der Waals surface area contributed by atoms with Gasteiger partial charge in [0.1, 0.15) is 17.2 Å². The van der Waals surface area contributed by atoms with E-state index in [1.165, 1.54) is 18.9 Å². The molecule has 0 saturated heterocycles. The van der Waals surface area contributed by atoms with E-state index in [0.29, 0.717) is 39.0 Å². The maximum absolute atomic E-state index is 13.4. The minimum absolute atomic E-state index is 0.0473. The molecule has 0 aliphatic rings. The van der Waals surface area contributed by atoms with Crippen molar-refractivity contribution in [3.63, 3.8) is 0 Å². The molecule has 0 radical (unpaired) electrons. The van der Waals surface area contributed by atoms with E-state index in [1.54, 1.807) is 111 Å². The van der Waals surface area contributed by atoms with Crippen LogP contribution in [-0.2, 0) is 9.59 Å². The van der Waals surface area contributed by atoms with Gasteiger partial charge in [0.25, 0.3) is 11.8 Å². The van der Waals surface area contributed by atoms with Crippen LogP contribution in [0.4, 0.5) is 11.4 Å². The molecular weight excluding hydrogens is 586 g/mol. The van der Waals surface area contributed by atoms with Crippen molar-refractivity contribution in [3.8, 4) is 11.5 Å². The third-order valence-electron chi connectivity index (χ3n) is 6.13. The van der Waals surface area contributed by atoms with Crippen LogP contribution in [0, 0.1) is 0 Å². The first-order chi connectivity index (χ1) is 20.7. The number of thioether (sulfide) groups is 1. The van der Waals surface area contributed by atoms with Gasteiger partial charge in [0.15, 0.2) is 0 Å². The summed E-state index contributed by atoms with van der Waals surface area (Å²) in [6, 6.07) is 27.9. The van der Waals surface area contributed by atoms with Crippen molar-refractivity contribution in [2.45, 2.75) is 17.1 Å². The summed E-state index contributed by atoms with van der Waals surface area (Å²) in [4.78, 5) is 40.0. The molecule has 43 heavy (non-hydrogen) atoms. The molecule has 0 heterocycles. The predicted molar refractivity (Wildman–Crippen MR) is 172 cm³/mol. The maximum atomic E-state index is 13.4. The molecular formula is C33H30ClN3O5S. The summed E-state index contributed by atoms with van der Waals surface area (Å²) in [6.45, 7) is 1.78. The average molecular weight is 616 g/mol. The Labute approximate surface area is 259 Å². The van der Waals surface area contributed by atoms with E-state index in [4.69, 9.17) is 21.1 Å². The van der Waals surface area contributed by atoms with Crippen LogP contribution in [0.2, 0.25) is 5.02 Å². The van der Waals surface area contributed by atoms with Crippen LogP contribution in [-0.4, -0.2) is 37.2 Å². The monoisotopic (exact) mass is 615 g/mol. The molecule has 1 atom stereocenters. The van der Waals surface area contributed by atoms with Gasteiger partial charge in [-0.05, 0) is 79.2 Å². The maximum Gasteiger partial charge on any atom is 0.272 e. The van der Waals surface area contributed by atoms with Gasteiger partial charge in [-0.25, -0.2) is 0 Å². The second-order valence-corrected chi connectivity index (χ2v) is 11.1. The van der Waals surface area contributed by atoms with Gasteiger partial charge in [0.05, 0.1) is 24.5 Å². The Bertz CT molecular complexity index is 1640. The lowest BCUT2D eigenvalue weighted by molar-refractivity contribution is -0.115. The summed E-state index contributed by atoms with van der Waals surface area (Å²) in [5.74, 6) is -0.0284. The number of amides is 3. The lowest BCUT2D eigenvalue weighted by atomic mass is 10.1. The van der Waals surface area contributed by atoms with E-state index in [-0.39, 0.29) is 11.6 Å². The van der Waals surface area contributed by atoms with Crippen LogP contribution in [0.5, 0.6) is 11.5 Å². The topological polar surface area (TPSA) is 106 Å². The molecule has 0 aromatic heterocycles. The number of carbonyl (C=O) groups is 3. The molecule has 0 aliphatic heterocycles. The minimum atomic E-state index is -0.517. The second kappa shape index (κ2) is 14.9. The first-order valence-electron chi connectivity index (χ1n) is 13.2. The summed E-state index contributed by atoms with van der Waals surface area (Å²) < 4.78 is 10.4. The Morgan fingerprint density at radius 1 is 0.814 bits per heavy atom. The van der Waals surface area contributed by atoms with Crippen LogP contribution in [0.15, 0.2) is 108 Å². The zero-order valence-electron chi connectivity index (χ0n) is 23.7. The lowest BCUT2D eigenvalue weighted by Gasteiger charge is -2.14. The Morgan fingerprint density at radius 2 is 1.56 bits per heavy atom. The Balaban J connectivity index is 1.48. The quantitative estimate of drug-likeness (QED) is 0.125. The van der Waals surface area contributed by atoms with Crippen molar-refractivity contribution >= 4 is 58.5 Å². The summed E-state index contributed by atoms with van der Waals surface area (Å²) >= 11 is 7.50. The number of carbonyl (C=O) groups excluding carboxylic acids is 3. The Morgan fingerprint density at radius 3 is 2.28 bits per heavy atom. The van der Waals surface area contributed by atoms with Crippen LogP contribution in [0.3, 0.4) is 0 Å². The van der Waals surface area contributed by atoms with Crippen LogP contribution in [0.25, 0.3) is 6.08 Å². The van der Waals surface area contributed by atoms with E-state index in [1.807, 2.05) is 6.07 Å². The zero-order valence-corrected chi connectivity index (χ0v) is 25.3. The molecule has 1 unspecified atom stereocenters. The summed E-state index contributed by atoms with van der Waals surface area (Å²) in [5, 5.41) is 8.37. The number of methoxy groups -OCH3 is 2. The normalized spacial score (nSPS) is 11.7. The molecule has 220 valence electrons. The van der Waals surface area contributed by atoms with E-state index in [2.05, 4.69) is 16.0 Å². The smallest absolute Gasteiger partial charge is 0.272 e. The highest BCUT2D eigenvalue weighted by Gasteiger charge is 2.18. The number of hydrogen-bond donors (Lipinski definition) is 3. The predicted octanol–water partition coefficient (Wildman–Crippen LogP) is 6.89. The summed E-state index contributed by atoms with van der Waals surface area (Å²) in [7, 11) is 3.07. The van der Waals surface area contributed by atoms with Crippen molar-refractivity contribution in [1.82, 2.24) is 5.32 Å². The molecule has 0 bridgehead atoms. The minimum Gasteiger partial charge on any atom is -0.497 e. The molecule has 8 nitrogen and oxygen atoms in total. The Kier molecular flexibility index (Phi) is 10.9. The molecule has 0 saturated carbocycles. The number of nitrogens with one attached hydrogen (secondary N) is 3. The van der Waals surface area contributed by atoms with Crippen LogP contribution in [0.1, 0.15) is 22.8 Å². The molecule has 0 fully saturated rings. The number of ether oxygens (including phenoxy) is 2. The van der Waals surface area contributed by atoms with Gasteiger partial charge >= 0.3 is 0 Å². The standard InChI is InChI=1S/C33H30ClN3O5S/c1-21(31(38)35-25-15-16-30(42-3)28(34)20-25)43-27-14-8-12-24(19-27)36-33(40)29(18-22-9-7-13-26(17-22)41-2)37-32(39)23-10-5-4-6-11-23/h4-21H,1-3H3,(H,35,38)(H,36,40)(H,37,39)/b29-18-. The molecule has 4 aromatic carbocycles. The van der Waals surface area contributed by atoms with Gasteiger partial charge in [-0.15, -0.1) is 11.8 Å². The summed E-state index contributed by atoms with van der Waals surface area (Å²) in [6.07, 6.45) is 1.58. The largest absolute Gasteiger partial charge is 0.497 e. The van der Waals surface area contributed by atoms with Crippen molar-refractivity contribution in [1.29, 1.82) is 0 Å². The van der Waals surface area contributed by atoms with Gasteiger partial charge in [-0.3, -0.25) is 14.4 Å².